The Balaban J connectivity index is 0.000000360. The zero-order chi connectivity index (χ0) is 23.1. The van der Waals surface area contributed by atoms with E-state index in [9.17, 15) is 18.0 Å². The SMILES string of the molecule is O=C(NCC1CCOCC1)[C@@H]1C[C@@H]2CCN(Cc3ccoc3)C[C@H]2O1.O=C(O)C(F)(F)F. The maximum absolute atomic E-state index is 12.5. The summed E-state index contributed by atoms with van der Waals surface area (Å²) in [4.78, 5) is 23.8. The lowest BCUT2D eigenvalue weighted by atomic mass is 9.91. The molecule has 180 valence electrons. The number of carbonyl (C=O) groups excluding carboxylic acids is 1. The summed E-state index contributed by atoms with van der Waals surface area (Å²) in [6.07, 6.45) is 2.39. The predicted molar refractivity (Wildman–Crippen MR) is 106 cm³/mol. The number of alkyl halides is 3. The molecule has 0 bridgehead atoms. The summed E-state index contributed by atoms with van der Waals surface area (Å²) in [5, 5.41) is 10.2. The average Bonchev–Trinajstić information content (AvgIpc) is 3.42. The minimum Gasteiger partial charge on any atom is -0.475 e. The van der Waals surface area contributed by atoms with Crippen molar-refractivity contribution in [3.05, 3.63) is 24.2 Å². The van der Waals surface area contributed by atoms with Gasteiger partial charge in [-0.15, -0.1) is 0 Å². The zero-order valence-corrected chi connectivity index (χ0v) is 17.7. The fraction of sp³-hybridized carbons (Fsp3) is 0.714. The fourth-order valence-electron chi connectivity index (χ4n) is 4.26. The maximum atomic E-state index is 12.5. The number of fused-ring (bicyclic) bond motifs is 1. The van der Waals surface area contributed by atoms with Crippen LogP contribution in [-0.2, 0) is 25.6 Å². The fourth-order valence-corrected chi connectivity index (χ4v) is 4.26. The highest BCUT2D eigenvalue weighted by molar-refractivity contribution is 5.81. The average molecular weight is 462 g/mol. The van der Waals surface area contributed by atoms with E-state index in [0.717, 1.165) is 65.1 Å². The van der Waals surface area contributed by atoms with Crippen LogP contribution in [0.15, 0.2) is 23.0 Å². The number of nitrogens with zero attached hydrogens (tertiary/aromatic N) is 1. The van der Waals surface area contributed by atoms with Gasteiger partial charge in [0.25, 0.3) is 0 Å². The maximum Gasteiger partial charge on any atom is 0.490 e. The van der Waals surface area contributed by atoms with Crippen LogP contribution in [0.1, 0.15) is 31.2 Å². The van der Waals surface area contributed by atoms with Gasteiger partial charge in [0.15, 0.2) is 0 Å². The highest BCUT2D eigenvalue weighted by Gasteiger charge is 2.42. The van der Waals surface area contributed by atoms with Crippen molar-refractivity contribution in [1.82, 2.24) is 10.2 Å². The Morgan fingerprint density at radius 2 is 1.94 bits per heavy atom. The van der Waals surface area contributed by atoms with Crippen LogP contribution in [0.4, 0.5) is 13.2 Å². The van der Waals surface area contributed by atoms with Crippen molar-refractivity contribution in [3.63, 3.8) is 0 Å². The Labute approximate surface area is 184 Å². The number of carboxylic acid groups (broad SMARTS) is 1. The standard InChI is InChI=1S/C19H28N2O4.C2HF3O2/c22-19(20-10-14-2-6-23-7-3-14)17-9-16-1-5-21(12-18(16)25-17)11-15-4-8-24-13-15;3-2(4,5)1(6)7/h4,8,13-14,16-18H,1-3,5-7,9-12H2,(H,20,22);(H,6,7)/t16-,17-,18+;/m0./s1. The largest absolute Gasteiger partial charge is 0.490 e. The van der Waals surface area contributed by atoms with Crippen LogP contribution in [0.2, 0.25) is 0 Å². The third kappa shape index (κ3) is 7.21. The summed E-state index contributed by atoms with van der Waals surface area (Å²) in [6, 6.07) is 2.01. The number of carbonyl (C=O) groups is 2. The Morgan fingerprint density at radius 1 is 1.22 bits per heavy atom. The van der Waals surface area contributed by atoms with Gasteiger partial charge >= 0.3 is 12.1 Å². The first-order valence-electron chi connectivity index (χ1n) is 10.8. The van der Waals surface area contributed by atoms with Crippen LogP contribution < -0.4 is 5.32 Å². The number of rotatable bonds is 5. The van der Waals surface area contributed by atoms with Crippen molar-refractivity contribution >= 4 is 11.9 Å². The lowest BCUT2D eigenvalue weighted by Gasteiger charge is -2.33. The summed E-state index contributed by atoms with van der Waals surface area (Å²) in [5.41, 5.74) is 1.20. The Hall–Kier alpha value is -2.11. The summed E-state index contributed by atoms with van der Waals surface area (Å²) in [6.45, 7) is 5.24. The van der Waals surface area contributed by atoms with Crippen LogP contribution >= 0.6 is 0 Å². The Kier molecular flexibility index (Phi) is 8.55. The van der Waals surface area contributed by atoms with E-state index in [1.165, 1.54) is 5.56 Å². The summed E-state index contributed by atoms with van der Waals surface area (Å²) in [5.74, 6) is -1.62. The smallest absolute Gasteiger partial charge is 0.475 e. The van der Waals surface area contributed by atoms with Crippen molar-refractivity contribution in [3.8, 4) is 0 Å². The van der Waals surface area contributed by atoms with E-state index in [2.05, 4.69) is 10.2 Å². The molecule has 3 fully saturated rings. The molecule has 4 rings (SSSR count). The van der Waals surface area contributed by atoms with Crippen LogP contribution in [-0.4, -0.2) is 73.1 Å². The predicted octanol–water partition coefficient (Wildman–Crippen LogP) is 2.44. The number of ether oxygens (including phenoxy) is 2. The van der Waals surface area contributed by atoms with Crippen molar-refractivity contribution in [1.29, 1.82) is 0 Å². The first kappa shape index (κ1) is 24.5. The molecule has 4 heterocycles. The van der Waals surface area contributed by atoms with Crippen molar-refractivity contribution in [2.24, 2.45) is 11.8 Å². The van der Waals surface area contributed by atoms with Crippen LogP contribution in [0.25, 0.3) is 0 Å². The molecule has 8 nitrogen and oxygen atoms in total. The lowest BCUT2D eigenvalue weighted by Crippen LogP contribution is -2.42. The van der Waals surface area contributed by atoms with Gasteiger partial charge in [-0.1, -0.05) is 0 Å². The molecule has 3 saturated heterocycles. The third-order valence-electron chi connectivity index (χ3n) is 6.06. The molecular formula is C21H29F3N2O6. The van der Waals surface area contributed by atoms with E-state index in [1.54, 1.807) is 12.5 Å². The third-order valence-corrected chi connectivity index (χ3v) is 6.06. The lowest BCUT2D eigenvalue weighted by molar-refractivity contribution is -0.192. The van der Waals surface area contributed by atoms with Crippen molar-refractivity contribution < 1.29 is 41.8 Å². The number of nitrogens with one attached hydrogen (secondary N) is 1. The highest BCUT2D eigenvalue weighted by atomic mass is 19.4. The molecule has 0 saturated carbocycles. The van der Waals surface area contributed by atoms with Gasteiger partial charge in [-0.2, -0.15) is 13.2 Å². The number of hydrogen-bond donors (Lipinski definition) is 2. The summed E-state index contributed by atoms with van der Waals surface area (Å²) < 4.78 is 48.4. The van der Waals surface area contributed by atoms with Gasteiger partial charge in [0.05, 0.1) is 18.6 Å². The first-order valence-corrected chi connectivity index (χ1v) is 10.8. The molecule has 3 atom stereocenters. The van der Waals surface area contributed by atoms with Gasteiger partial charge < -0.3 is 24.3 Å². The molecular weight excluding hydrogens is 433 g/mol. The number of piperidine rings is 1. The van der Waals surface area contributed by atoms with E-state index < -0.39 is 12.1 Å². The van der Waals surface area contributed by atoms with Crippen LogP contribution in [0, 0.1) is 11.8 Å². The van der Waals surface area contributed by atoms with Gasteiger partial charge in [-0.05, 0) is 50.1 Å². The van der Waals surface area contributed by atoms with Crippen LogP contribution in [0.3, 0.4) is 0 Å². The van der Waals surface area contributed by atoms with Gasteiger partial charge in [-0.25, -0.2) is 4.79 Å². The molecule has 3 aliphatic heterocycles. The van der Waals surface area contributed by atoms with E-state index in [4.69, 9.17) is 23.8 Å². The van der Waals surface area contributed by atoms with Gasteiger partial charge in [0.1, 0.15) is 6.10 Å². The van der Waals surface area contributed by atoms with E-state index in [1.807, 2.05) is 6.07 Å². The molecule has 1 amide bonds. The zero-order valence-electron chi connectivity index (χ0n) is 17.7. The Bertz CT molecular complexity index is 736. The van der Waals surface area contributed by atoms with E-state index in [-0.39, 0.29) is 18.1 Å². The quantitative estimate of drug-likeness (QED) is 0.693. The molecule has 0 aliphatic carbocycles. The summed E-state index contributed by atoms with van der Waals surface area (Å²) >= 11 is 0. The highest BCUT2D eigenvalue weighted by Crippen LogP contribution is 2.34. The van der Waals surface area contributed by atoms with Crippen molar-refractivity contribution in [2.45, 2.75) is 50.6 Å². The van der Waals surface area contributed by atoms with Crippen LogP contribution in [0.5, 0.6) is 0 Å². The number of aliphatic carboxylic acids is 1. The molecule has 2 N–H and O–H groups in total. The molecule has 32 heavy (non-hydrogen) atoms. The molecule has 0 unspecified atom stereocenters. The topological polar surface area (TPSA) is 101 Å². The second-order valence-corrected chi connectivity index (χ2v) is 8.42. The van der Waals surface area contributed by atoms with E-state index >= 15 is 0 Å². The van der Waals surface area contributed by atoms with E-state index in [0.29, 0.717) is 11.8 Å². The molecule has 0 aromatic carbocycles. The molecule has 11 heteroatoms. The number of halogens is 3. The Morgan fingerprint density at radius 3 is 2.56 bits per heavy atom. The van der Waals surface area contributed by atoms with Gasteiger partial charge in [0.2, 0.25) is 5.91 Å². The number of furan rings is 1. The number of carboxylic acids is 1. The van der Waals surface area contributed by atoms with Gasteiger partial charge in [0, 0.05) is 38.4 Å². The second kappa shape index (κ2) is 11.2. The first-order chi connectivity index (χ1) is 15.2. The molecule has 1 aromatic rings. The monoisotopic (exact) mass is 462 g/mol. The minimum atomic E-state index is -5.08. The normalized spacial score (nSPS) is 26.7. The molecule has 1 aromatic heterocycles. The number of likely N-dealkylation sites (tertiary alicyclic amines) is 1. The summed E-state index contributed by atoms with van der Waals surface area (Å²) in [7, 11) is 0. The molecule has 0 radical (unpaired) electrons. The molecule has 3 aliphatic rings. The number of hydrogen-bond acceptors (Lipinski definition) is 6. The van der Waals surface area contributed by atoms with Gasteiger partial charge in [-0.3, -0.25) is 9.69 Å². The minimum absolute atomic E-state index is 0.0716. The van der Waals surface area contributed by atoms with Crippen molar-refractivity contribution in [2.75, 3.05) is 32.8 Å². The molecule has 0 spiro atoms. The second-order valence-electron chi connectivity index (χ2n) is 8.42. The number of amides is 1.